The maximum absolute atomic E-state index is 4.26. The fraction of sp³-hybridized carbons (Fsp3) is 0.250. The zero-order valence-electron chi connectivity index (χ0n) is 7.07. The fourth-order valence-electron chi connectivity index (χ4n) is 1.15. The summed E-state index contributed by atoms with van der Waals surface area (Å²) < 4.78 is 1.77. The molecule has 0 aliphatic heterocycles. The number of aromatic amines is 1. The van der Waals surface area contributed by atoms with E-state index in [1.54, 1.807) is 10.9 Å². The third kappa shape index (κ3) is 1.01. The molecule has 0 amide bonds. The van der Waals surface area contributed by atoms with Crippen LogP contribution >= 0.6 is 0 Å². The van der Waals surface area contributed by atoms with Gasteiger partial charge in [0.05, 0.1) is 11.9 Å². The van der Waals surface area contributed by atoms with E-state index in [4.69, 9.17) is 0 Å². The Morgan fingerprint density at radius 1 is 1.50 bits per heavy atom. The molecular formula is C8H10N4. The molecule has 0 aromatic carbocycles. The average Bonchev–Trinajstić information content (AvgIpc) is 2.58. The van der Waals surface area contributed by atoms with Crippen molar-refractivity contribution in [1.29, 1.82) is 0 Å². The Bertz CT molecular complexity index is 385. The minimum atomic E-state index is 0.938. The number of nitrogens with one attached hydrogen (secondary N) is 1. The Kier molecular flexibility index (Phi) is 1.46. The van der Waals surface area contributed by atoms with Crippen molar-refractivity contribution in [3.05, 3.63) is 24.0 Å². The number of rotatable bonds is 1. The molecule has 0 radical (unpaired) electrons. The van der Waals surface area contributed by atoms with Crippen molar-refractivity contribution in [2.24, 2.45) is 7.05 Å². The van der Waals surface area contributed by atoms with Crippen molar-refractivity contribution in [2.45, 2.75) is 6.92 Å². The van der Waals surface area contributed by atoms with Gasteiger partial charge in [0.1, 0.15) is 5.69 Å². The van der Waals surface area contributed by atoms with Crippen molar-refractivity contribution in [2.75, 3.05) is 0 Å². The zero-order chi connectivity index (χ0) is 8.55. The molecule has 0 saturated heterocycles. The van der Waals surface area contributed by atoms with E-state index in [2.05, 4.69) is 15.3 Å². The van der Waals surface area contributed by atoms with Crippen LogP contribution in [0.4, 0.5) is 0 Å². The van der Waals surface area contributed by atoms with Gasteiger partial charge in [0.15, 0.2) is 0 Å². The second-order valence-corrected chi connectivity index (χ2v) is 2.80. The van der Waals surface area contributed by atoms with E-state index in [-0.39, 0.29) is 0 Å². The standard InChI is InChI=1S/C8H10N4/c1-6-5-9-10-8(6)7-3-4-12(2)11-7/h3-5H,1-2H3,(H,9,10). The molecule has 0 aliphatic rings. The first kappa shape index (κ1) is 7.09. The van der Waals surface area contributed by atoms with E-state index in [9.17, 15) is 0 Å². The number of nitrogens with zero attached hydrogens (tertiary/aromatic N) is 3. The Hall–Kier alpha value is -1.58. The quantitative estimate of drug-likeness (QED) is 0.683. The van der Waals surface area contributed by atoms with Crippen LogP contribution in [0, 0.1) is 6.92 Å². The highest BCUT2D eigenvalue weighted by atomic mass is 15.3. The minimum absolute atomic E-state index is 0.938. The van der Waals surface area contributed by atoms with Gasteiger partial charge in [-0.1, -0.05) is 0 Å². The summed E-state index contributed by atoms with van der Waals surface area (Å²) >= 11 is 0. The van der Waals surface area contributed by atoms with Crippen LogP contribution in [0.1, 0.15) is 5.56 Å². The largest absolute Gasteiger partial charge is 0.276 e. The van der Waals surface area contributed by atoms with Gasteiger partial charge in [-0.3, -0.25) is 9.78 Å². The molecule has 62 valence electrons. The van der Waals surface area contributed by atoms with E-state index >= 15 is 0 Å². The molecule has 12 heavy (non-hydrogen) atoms. The fourth-order valence-corrected chi connectivity index (χ4v) is 1.15. The topological polar surface area (TPSA) is 46.5 Å². The normalized spacial score (nSPS) is 10.5. The second-order valence-electron chi connectivity index (χ2n) is 2.80. The van der Waals surface area contributed by atoms with E-state index in [1.165, 1.54) is 0 Å². The van der Waals surface area contributed by atoms with Gasteiger partial charge in [-0.2, -0.15) is 10.2 Å². The van der Waals surface area contributed by atoms with E-state index in [0.717, 1.165) is 17.0 Å². The SMILES string of the molecule is Cc1cn[nH]c1-c1ccn(C)n1. The van der Waals surface area contributed by atoms with Gasteiger partial charge in [-0.15, -0.1) is 0 Å². The van der Waals surface area contributed by atoms with Crippen LogP contribution in [0.15, 0.2) is 18.5 Å². The molecule has 4 nitrogen and oxygen atoms in total. The van der Waals surface area contributed by atoms with Gasteiger partial charge in [0, 0.05) is 13.2 Å². The van der Waals surface area contributed by atoms with Crippen LogP contribution in [0.2, 0.25) is 0 Å². The molecule has 0 aliphatic carbocycles. The molecule has 0 fully saturated rings. The molecular weight excluding hydrogens is 152 g/mol. The van der Waals surface area contributed by atoms with E-state index in [1.807, 2.05) is 26.2 Å². The first-order chi connectivity index (χ1) is 5.77. The van der Waals surface area contributed by atoms with Crippen molar-refractivity contribution >= 4 is 0 Å². The summed E-state index contributed by atoms with van der Waals surface area (Å²) in [6.07, 6.45) is 3.71. The first-order valence-corrected chi connectivity index (χ1v) is 3.77. The molecule has 4 heteroatoms. The van der Waals surface area contributed by atoms with Gasteiger partial charge >= 0.3 is 0 Å². The number of aromatic nitrogens is 4. The molecule has 0 atom stereocenters. The third-order valence-electron chi connectivity index (χ3n) is 1.80. The lowest BCUT2D eigenvalue weighted by Gasteiger charge is -1.91. The van der Waals surface area contributed by atoms with Crippen molar-refractivity contribution in [1.82, 2.24) is 20.0 Å². The molecule has 0 bridgehead atoms. The lowest BCUT2D eigenvalue weighted by molar-refractivity contribution is 0.769. The monoisotopic (exact) mass is 162 g/mol. The molecule has 0 unspecified atom stereocenters. The van der Waals surface area contributed by atoms with Crippen LogP contribution in [-0.4, -0.2) is 20.0 Å². The number of hydrogen-bond donors (Lipinski definition) is 1. The van der Waals surface area contributed by atoms with Crippen LogP contribution in [0.5, 0.6) is 0 Å². The van der Waals surface area contributed by atoms with Gasteiger partial charge in [-0.25, -0.2) is 0 Å². The Balaban J connectivity index is 2.50. The summed E-state index contributed by atoms with van der Waals surface area (Å²) in [6.45, 7) is 2.01. The van der Waals surface area contributed by atoms with Crippen LogP contribution in [0.25, 0.3) is 11.4 Å². The van der Waals surface area contributed by atoms with Crippen molar-refractivity contribution in [3.63, 3.8) is 0 Å². The second kappa shape index (κ2) is 2.48. The molecule has 2 aromatic heterocycles. The summed E-state index contributed by atoms with van der Waals surface area (Å²) in [7, 11) is 1.90. The van der Waals surface area contributed by atoms with Gasteiger partial charge in [-0.05, 0) is 18.6 Å². The number of H-pyrrole nitrogens is 1. The summed E-state index contributed by atoms with van der Waals surface area (Å²) in [5.74, 6) is 0. The van der Waals surface area contributed by atoms with Gasteiger partial charge in [0.2, 0.25) is 0 Å². The predicted octanol–water partition coefficient (Wildman–Crippen LogP) is 1.12. The lowest BCUT2D eigenvalue weighted by Crippen LogP contribution is -1.88. The van der Waals surface area contributed by atoms with Gasteiger partial charge in [0.25, 0.3) is 0 Å². The predicted molar refractivity (Wildman–Crippen MR) is 45.5 cm³/mol. The maximum Gasteiger partial charge on any atom is 0.110 e. The van der Waals surface area contributed by atoms with Crippen LogP contribution in [0.3, 0.4) is 0 Å². The Labute approximate surface area is 70.2 Å². The van der Waals surface area contributed by atoms with Crippen LogP contribution in [-0.2, 0) is 7.05 Å². The Morgan fingerprint density at radius 3 is 2.83 bits per heavy atom. The van der Waals surface area contributed by atoms with Crippen molar-refractivity contribution < 1.29 is 0 Å². The molecule has 1 N–H and O–H groups in total. The highest BCUT2D eigenvalue weighted by Gasteiger charge is 2.05. The molecule has 2 heterocycles. The lowest BCUT2D eigenvalue weighted by atomic mass is 10.2. The third-order valence-corrected chi connectivity index (χ3v) is 1.80. The van der Waals surface area contributed by atoms with E-state index in [0.29, 0.717) is 0 Å². The van der Waals surface area contributed by atoms with E-state index < -0.39 is 0 Å². The molecule has 0 saturated carbocycles. The number of hydrogen-bond acceptors (Lipinski definition) is 2. The molecule has 0 spiro atoms. The number of aryl methyl sites for hydroxylation is 2. The minimum Gasteiger partial charge on any atom is -0.276 e. The average molecular weight is 162 g/mol. The van der Waals surface area contributed by atoms with Crippen molar-refractivity contribution in [3.8, 4) is 11.4 Å². The maximum atomic E-state index is 4.26. The van der Waals surface area contributed by atoms with Gasteiger partial charge < -0.3 is 0 Å². The smallest absolute Gasteiger partial charge is 0.110 e. The summed E-state index contributed by atoms with van der Waals surface area (Å²) in [6, 6.07) is 1.96. The first-order valence-electron chi connectivity index (χ1n) is 3.77. The summed E-state index contributed by atoms with van der Waals surface area (Å²) in [4.78, 5) is 0. The summed E-state index contributed by atoms with van der Waals surface area (Å²) in [5.41, 5.74) is 3.05. The molecule has 2 aromatic rings. The highest BCUT2D eigenvalue weighted by Crippen LogP contribution is 2.16. The van der Waals surface area contributed by atoms with Crippen LogP contribution < -0.4 is 0 Å². The zero-order valence-corrected chi connectivity index (χ0v) is 7.07. The Morgan fingerprint density at radius 2 is 2.33 bits per heavy atom. The molecule has 2 rings (SSSR count). The summed E-state index contributed by atoms with van der Waals surface area (Å²) in [5, 5.41) is 11.1. The highest BCUT2D eigenvalue weighted by molar-refractivity contribution is 5.56.